The zero-order valence-electron chi connectivity index (χ0n) is 17.4. The Labute approximate surface area is 186 Å². The molecular formula is C24H23N5OS. The number of thioether (sulfide) groups is 1. The lowest BCUT2D eigenvalue weighted by atomic mass is 10.2. The van der Waals surface area contributed by atoms with Gasteiger partial charge in [0.15, 0.2) is 11.0 Å². The Morgan fingerprint density at radius 3 is 2.16 bits per heavy atom. The lowest BCUT2D eigenvalue weighted by molar-refractivity contribution is -0.117. The first-order valence-corrected chi connectivity index (χ1v) is 11.0. The van der Waals surface area contributed by atoms with E-state index in [0.29, 0.717) is 11.7 Å². The SMILES string of the molecule is CCn1c(S[C@@H](C)C(=O)N(c2ccccc2)c2ccccc2)nnc1-c1cccnc1. The van der Waals surface area contributed by atoms with Gasteiger partial charge in [-0.15, -0.1) is 10.2 Å². The van der Waals surface area contributed by atoms with Gasteiger partial charge in [0.1, 0.15) is 0 Å². The van der Waals surface area contributed by atoms with Gasteiger partial charge in [0.25, 0.3) is 0 Å². The highest BCUT2D eigenvalue weighted by molar-refractivity contribution is 8.00. The first-order valence-electron chi connectivity index (χ1n) is 10.1. The maximum absolute atomic E-state index is 13.6. The van der Waals surface area contributed by atoms with Crippen LogP contribution < -0.4 is 4.90 Å². The highest BCUT2D eigenvalue weighted by Gasteiger charge is 2.26. The van der Waals surface area contributed by atoms with Gasteiger partial charge in [-0.05, 0) is 50.2 Å². The topological polar surface area (TPSA) is 63.9 Å². The van der Waals surface area contributed by atoms with E-state index < -0.39 is 0 Å². The normalized spacial score (nSPS) is 11.8. The molecule has 7 heteroatoms. The smallest absolute Gasteiger partial charge is 0.244 e. The maximum Gasteiger partial charge on any atom is 0.244 e. The van der Waals surface area contributed by atoms with Gasteiger partial charge in [-0.1, -0.05) is 48.2 Å². The Bertz CT molecular complexity index is 1090. The van der Waals surface area contributed by atoms with Crippen LogP contribution in [0.25, 0.3) is 11.4 Å². The molecule has 4 rings (SSSR count). The molecule has 0 aliphatic heterocycles. The number of rotatable bonds is 7. The monoisotopic (exact) mass is 429 g/mol. The van der Waals surface area contributed by atoms with Crippen LogP contribution >= 0.6 is 11.8 Å². The second-order valence-electron chi connectivity index (χ2n) is 6.90. The van der Waals surface area contributed by atoms with Crippen LogP contribution in [0, 0.1) is 0 Å². The number of carbonyl (C=O) groups is 1. The summed E-state index contributed by atoms with van der Waals surface area (Å²) in [6, 6.07) is 23.2. The number of benzene rings is 2. The third kappa shape index (κ3) is 4.51. The molecule has 0 radical (unpaired) electrons. The molecule has 0 N–H and O–H groups in total. The van der Waals surface area contributed by atoms with Crippen LogP contribution in [0.15, 0.2) is 90.3 Å². The van der Waals surface area contributed by atoms with E-state index in [1.54, 1.807) is 17.3 Å². The average Bonchev–Trinajstić information content (AvgIpc) is 3.23. The number of para-hydroxylation sites is 2. The van der Waals surface area contributed by atoms with Crippen molar-refractivity contribution in [2.45, 2.75) is 30.8 Å². The van der Waals surface area contributed by atoms with Gasteiger partial charge < -0.3 is 4.57 Å². The number of carbonyl (C=O) groups excluding carboxylic acids is 1. The molecule has 0 bridgehead atoms. The Balaban J connectivity index is 1.62. The molecule has 0 aliphatic carbocycles. The number of hydrogen-bond donors (Lipinski definition) is 0. The highest BCUT2D eigenvalue weighted by atomic mass is 32.2. The van der Waals surface area contributed by atoms with Gasteiger partial charge in [-0.2, -0.15) is 0 Å². The van der Waals surface area contributed by atoms with Crippen molar-refractivity contribution < 1.29 is 4.79 Å². The van der Waals surface area contributed by atoms with Crippen LogP contribution in [0.4, 0.5) is 11.4 Å². The summed E-state index contributed by atoms with van der Waals surface area (Å²) in [5.41, 5.74) is 2.57. The molecule has 156 valence electrons. The largest absolute Gasteiger partial charge is 0.302 e. The molecule has 0 unspecified atom stereocenters. The summed E-state index contributed by atoms with van der Waals surface area (Å²) < 4.78 is 2.01. The van der Waals surface area contributed by atoms with Crippen LogP contribution in [-0.4, -0.2) is 30.9 Å². The number of anilines is 2. The van der Waals surface area contributed by atoms with Crippen molar-refractivity contribution in [2.75, 3.05) is 4.90 Å². The van der Waals surface area contributed by atoms with Gasteiger partial charge in [-0.25, -0.2) is 0 Å². The summed E-state index contributed by atoms with van der Waals surface area (Å²) in [5, 5.41) is 9.07. The Morgan fingerprint density at radius 1 is 0.968 bits per heavy atom. The molecule has 0 saturated heterocycles. The van der Waals surface area contributed by atoms with Crippen LogP contribution in [0.3, 0.4) is 0 Å². The second-order valence-corrected chi connectivity index (χ2v) is 8.20. The summed E-state index contributed by atoms with van der Waals surface area (Å²) in [5.74, 6) is 0.733. The molecule has 2 aromatic carbocycles. The fraction of sp³-hybridized carbons (Fsp3) is 0.167. The van der Waals surface area contributed by atoms with E-state index >= 15 is 0 Å². The summed E-state index contributed by atoms with van der Waals surface area (Å²) in [7, 11) is 0. The van der Waals surface area contributed by atoms with Crippen LogP contribution in [0.2, 0.25) is 0 Å². The van der Waals surface area contributed by atoms with Crippen molar-refractivity contribution >= 4 is 29.0 Å². The zero-order chi connectivity index (χ0) is 21.6. The molecular weight excluding hydrogens is 406 g/mol. The number of amides is 1. The summed E-state index contributed by atoms with van der Waals surface area (Å²) >= 11 is 1.41. The van der Waals surface area contributed by atoms with Gasteiger partial charge in [0.05, 0.1) is 5.25 Å². The fourth-order valence-electron chi connectivity index (χ4n) is 3.32. The Kier molecular flexibility index (Phi) is 6.43. The van der Waals surface area contributed by atoms with Crippen molar-refractivity contribution in [1.29, 1.82) is 0 Å². The fourth-order valence-corrected chi connectivity index (χ4v) is 4.27. The van der Waals surface area contributed by atoms with Crippen LogP contribution in [-0.2, 0) is 11.3 Å². The van der Waals surface area contributed by atoms with Gasteiger partial charge in [0, 0.05) is 35.9 Å². The van der Waals surface area contributed by atoms with Crippen molar-refractivity contribution in [3.63, 3.8) is 0 Å². The molecule has 2 heterocycles. The minimum Gasteiger partial charge on any atom is -0.302 e. The lowest BCUT2D eigenvalue weighted by Crippen LogP contribution is -2.33. The lowest BCUT2D eigenvalue weighted by Gasteiger charge is -2.25. The maximum atomic E-state index is 13.6. The van der Waals surface area contributed by atoms with E-state index in [9.17, 15) is 4.79 Å². The van der Waals surface area contributed by atoms with Crippen molar-refractivity contribution in [1.82, 2.24) is 19.7 Å². The second kappa shape index (κ2) is 9.57. The van der Waals surface area contributed by atoms with Crippen molar-refractivity contribution in [3.8, 4) is 11.4 Å². The minimum atomic E-state index is -0.364. The van der Waals surface area contributed by atoms with Gasteiger partial charge >= 0.3 is 0 Å². The Hall–Kier alpha value is -3.45. The molecule has 1 amide bonds. The molecule has 6 nitrogen and oxygen atoms in total. The summed E-state index contributed by atoms with van der Waals surface area (Å²) in [4.78, 5) is 19.5. The van der Waals surface area contributed by atoms with E-state index in [2.05, 4.69) is 15.2 Å². The van der Waals surface area contributed by atoms with Crippen LogP contribution in [0.5, 0.6) is 0 Å². The average molecular weight is 430 g/mol. The quantitative estimate of drug-likeness (QED) is 0.378. The van der Waals surface area contributed by atoms with E-state index in [1.165, 1.54) is 11.8 Å². The predicted octanol–water partition coefficient (Wildman–Crippen LogP) is 5.21. The molecule has 31 heavy (non-hydrogen) atoms. The summed E-state index contributed by atoms with van der Waals surface area (Å²) in [6.07, 6.45) is 3.50. The van der Waals surface area contributed by atoms with Crippen LogP contribution in [0.1, 0.15) is 13.8 Å². The van der Waals surface area contributed by atoms with Crippen molar-refractivity contribution in [3.05, 3.63) is 85.2 Å². The summed E-state index contributed by atoms with van der Waals surface area (Å²) in [6.45, 7) is 4.64. The zero-order valence-corrected chi connectivity index (χ0v) is 18.2. The minimum absolute atomic E-state index is 0.0176. The molecule has 0 fully saturated rings. The predicted molar refractivity (Wildman–Crippen MR) is 124 cm³/mol. The number of hydrogen-bond acceptors (Lipinski definition) is 5. The molecule has 2 aromatic heterocycles. The molecule has 0 aliphatic rings. The third-order valence-corrected chi connectivity index (χ3v) is 5.90. The Morgan fingerprint density at radius 2 is 1.61 bits per heavy atom. The first-order chi connectivity index (χ1) is 15.2. The standard InChI is InChI=1S/C24H23N5OS/c1-3-28-22(19-11-10-16-25-17-19)26-27-24(28)31-18(2)23(30)29(20-12-6-4-7-13-20)21-14-8-5-9-15-21/h4-18H,3H2,1-2H3/t18-/m0/s1. The van der Waals surface area contributed by atoms with Gasteiger partial charge in [0.2, 0.25) is 5.91 Å². The molecule has 0 spiro atoms. The number of aromatic nitrogens is 4. The third-order valence-electron chi connectivity index (χ3n) is 4.83. The highest BCUT2D eigenvalue weighted by Crippen LogP contribution is 2.31. The first kappa shape index (κ1) is 20.8. The van der Waals surface area contributed by atoms with E-state index in [4.69, 9.17) is 0 Å². The van der Waals surface area contributed by atoms with E-state index in [0.717, 1.165) is 22.8 Å². The van der Waals surface area contributed by atoms with E-state index in [1.807, 2.05) is 91.2 Å². The van der Waals surface area contributed by atoms with E-state index in [-0.39, 0.29) is 11.2 Å². The molecule has 4 aromatic rings. The molecule has 0 saturated carbocycles. The van der Waals surface area contributed by atoms with Gasteiger partial charge in [-0.3, -0.25) is 14.7 Å². The number of nitrogens with zero attached hydrogens (tertiary/aromatic N) is 5. The van der Waals surface area contributed by atoms with Crippen molar-refractivity contribution in [2.24, 2.45) is 0 Å². The number of pyridine rings is 1. The molecule has 1 atom stereocenters.